The van der Waals surface area contributed by atoms with Gasteiger partial charge in [-0.2, -0.15) is 9.69 Å². The molecule has 0 radical (unpaired) electrons. The monoisotopic (exact) mass is 321 g/mol. The van der Waals surface area contributed by atoms with Gasteiger partial charge < -0.3 is 5.32 Å². The summed E-state index contributed by atoms with van der Waals surface area (Å²) < 4.78 is 1.47. The van der Waals surface area contributed by atoms with Gasteiger partial charge in [-0.15, -0.1) is 0 Å². The van der Waals surface area contributed by atoms with Gasteiger partial charge in [-0.3, -0.25) is 9.69 Å². The molecule has 1 saturated carbocycles. The summed E-state index contributed by atoms with van der Waals surface area (Å²) in [6.07, 6.45) is 6.41. The van der Waals surface area contributed by atoms with E-state index in [1.165, 1.54) is 29.4 Å². The quantitative estimate of drug-likeness (QED) is 0.742. The number of nitrogens with zero attached hydrogens (tertiary/aromatic N) is 3. The lowest BCUT2D eigenvalue weighted by Crippen LogP contribution is -2.59. The summed E-state index contributed by atoms with van der Waals surface area (Å²) in [5, 5.41) is 3.11. The fraction of sp³-hybridized carbons (Fsp3) is 0.750. The largest absolute Gasteiger partial charge is 0.500 e. The van der Waals surface area contributed by atoms with Crippen molar-refractivity contribution in [1.29, 1.82) is 0 Å². The Kier molecular flexibility index (Phi) is 4.48. The molecule has 2 fully saturated rings. The summed E-state index contributed by atoms with van der Waals surface area (Å²) in [7, 11) is 3.19. The maximum Gasteiger partial charge on any atom is 0.500 e. The highest BCUT2D eigenvalue weighted by Crippen LogP contribution is 2.32. The standard InChI is InChI=1S/C16H24N4O3/c1-18-10-13(15(22)19(2)16(18)23)20-7-5-12(6-8-20)17-14(21)9-11-3-4-11/h10-13H,3-9H2,1-2H3/p+1. The molecule has 1 N–H and O–H groups in total. The van der Waals surface area contributed by atoms with Gasteiger partial charge >= 0.3 is 11.9 Å². The van der Waals surface area contributed by atoms with Gasteiger partial charge in [-0.1, -0.05) is 0 Å². The molecular weight excluding hydrogens is 296 g/mol. The fourth-order valence-corrected chi connectivity index (χ4v) is 3.31. The normalized spacial score (nSPS) is 27.1. The van der Waals surface area contributed by atoms with Crippen molar-refractivity contribution in [3.8, 4) is 0 Å². The Morgan fingerprint density at radius 3 is 2.52 bits per heavy atom. The molecule has 2 heterocycles. The van der Waals surface area contributed by atoms with E-state index in [4.69, 9.17) is 0 Å². The summed E-state index contributed by atoms with van der Waals surface area (Å²) in [5.74, 6) is 0.591. The van der Waals surface area contributed by atoms with Gasteiger partial charge in [0.15, 0.2) is 6.04 Å². The summed E-state index contributed by atoms with van der Waals surface area (Å²) in [5.41, 5.74) is 0. The molecule has 0 spiro atoms. The number of carbonyl (C=O) groups excluding carboxylic acids is 3. The lowest BCUT2D eigenvalue weighted by Gasteiger charge is -2.36. The second kappa shape index (κ2) is 6.39. The SMILES string of the molecule is CN1C(=O)C(N2CCC(NC(=O)CC3CC3)CC2)C=[N+](C)C1=O. The molecule has 0 aromatic carbocycles. The van der Waals surface area contributed by atoms with E-state index in [1.807, 2.05) is 0 Å². The third kappa shape index (κ3) is 3.60. The number of piperidine rings is 1. The average molecular weight is 321 g/mol. The molecule has 23 heavy (non-hydrogen) atoms. The van der Waals surface area contributed by atoms with Gasteiger partial charge in [-0.05, 0) is 31.6 Å². The minimum atomic E-state index is -0.384. The van der Waals surface area contributed by atoms with Crippen LogP contribution in [0.4, 0.5) is 4.79 Å². The summed E-state index contributed by atoms with van der Waals surface area (Å²) >= 11 is 0. The molecule has 0 bridgehead atoms. The molecule has 7 nitrogen and oxygen atoms in total. The van der Waals surface area contributed by atoms with Gasteiger partial charge in [0.2, 0.25) is 5.91 Å². The van der Waals surface area contributed by atoms with Crippen molar-refractivity contribution in [2.24, 2.45) is 5.92 Å². The molecular formula is C16H25N4O3+. The highest BCUT2D eigenvalue weighted by atomic mass is 16.2. The van der Waals surface area contributed by atoms with Crippen molar-refractivity contribution >= 4 is 24.1 Å². The Bertz CT molecular complexity index is 548. The minimum absolute atomic E-state index is 0.163. The first kappa shape index (κ1) is 16.1. The maximum atomic E-state index is 12.3. The van der Waals surface area contributed by atoms with E-state index < -0.39 is 0 Å². The number of likely N-dealkylation sites (tertiary alicyclic amines) is 1. The Morgan fingerprint density at radius 1 is 1.26 bits per heavy atom. The zero-order valence-electron chi connectivity index (χ0n) is 13.8. The van der Waals surface area contributed by atoms with Crippen molar-refractivity contribution < 1.29 is 19.0 Å². The smallest absolute Gasteiger partial charge is 0.353 e. The zero-order chi connectivity index (χ0) is 16.6. The van der Waals surface area contributed by atoms with Crippen LogP contribution in [0, 0.1) is 5.92 Å². The van der Waals surface area contributed by atoms with Gasteiger partial charge in [0.25, 0.3) is 0 Å². The molecule has 0 aromatic rings. The van der Waals surface area contributed by atoms with Crippen molar-refractivity contribution in [2.45, 2.75) is 44.2 Å². The summed E-state index contributed by atoms with van der Waals surface area (Å²) in [4.78, 5) is 39.2. The zero-order valence-corrected chi connectivity index (χ0v) is 13.8. The predicted octanol–water partition coefficient (Wildman–Crippen LogP) is 0.0408. The Morgan fingerprint density at radius 2 is 1.91 bits per heavy atom. The molecule has 126 valence electrons. The van der Waals surface area contributed by atoms with Gasteiger partial charge in [0.05, 0.1) is 14.1 Å². The van der Waals surface area contributed by atoms with Crippen LogP contribution in [0.3, 0.4) is 0 Å². The molecule has 1 atom stereocenters. The van der Waals surface area contributed by atoms with Crippen LogP contribution in [-0.2, 0) is 9.59 Å². The highest BCUT2D eigenvalue weighted by Gasteiger charge is 2.42. The number of amides is 4. The molecule has 1 aliphatic carbocycles. The minimum Gasteiger partial charge on any atom is -0.353 e. The average Bonchev–Trinajstić information content (AvgIpc) is 3.33. The number of carbonyl (C=O) groups is 3. The van der Waals surface area contributed by atoms with Crippen LogP contribution in [0.5, 0.6) is 0 Å². The second-order valence-electron chi connectivity index (χ2n) is 6.91. The van der Waals surface area contributed by atoms with E-state index >= 15 is 0 Å². The van der Waals surface area contributed by atoms with Crippen LogP contribution < -0.4 is 5.32 Å². The van der Waals surface area contributed by atoms with Crippen molar-refractivity contribution in [3.05, 3.63) is 0 Å². The van der Waals surface area contributed by atoms with E-state index in [-0.39, 0.29) is 29.9 Å². The number of imide groups is 1. The molecule has 2 aliphatic heterocycles. The van der Waals surface area contributed by atoms with Crippen LogP contribution in [0.2, 0.25) is 0 Å². The second-order valence-corrected chi connectivity index (χ2v) is 6.91. The molecule has 3 aliphatic rings. The summed E-state index contributed by atoms with van der Waals surface area (Å²) in [6, 6.07) is -0.479. The third-order valence-electron chi connectivity index (χ3n) is 5.00. The topological polar surface area (TPSA) is 72.7 Å². The predicted molar refractivity (Wildman–Crippen MR) is 84.3 cm³/mol. The fourth-order valence-electron chi connectivity index (χ4n) is 3.31. The van der Waals surface area contributed by atoms with E-state index in [2.05, 4.69) is 10.2 Å². The van der Waals surface area contributed by atoms with E-state index in [0.29, 0.717) is 12.3 Å². The van der Waals surface area contributed by atoms with Crippen molar-refractivity contribution in [1.82, 2.24) is 15.1 Å². The van der Waals surface area contributed by atoms with Gasteiger partial charge in [0.1, 0.15) is 6.21 Å². The molecule has 0 aromatic heterocycles. The molecule has 3 rings (SSSR count). The van der Waals surface area contributed by atoms with E-state index in [1.54, 1.807) is 13.3 Å². The Labute approximate surface area is 136 Å². The Balaban J connectivity index is 1.53. The molecule has 1 unspecified atom stereocenters. The van der Waals surface area contributed by atoms with Crippen LogP contribution in [0.1, 0.15) is 32.1 Å². The number of hydrogen-bond acceptors (Lipinski definition) is 4. The third-order valence-corrected chi connectivity index (χ3v) is 5.00. The number of likely N-dealkylation sites (N-methyl/N-ethyl adjacent to an activating group) is 1. The van der Waals surface area contributed by atoms with Gasteiger partial charge in [-0.25, -0.2) is 9.37 Å². The number of nitrogens with one attached hydrogen (secondary N) is 1. The number of hydrogen-bond donors (Lipinski definition) is 1. The number of urea groups is 1. The van der Waals surface area contributed by atoms with Crippen LogP contribution in [-0.4, -0.2) is 77.7 Å². The molecule has 4 amide bonds. The van der Waals surface area contributed by atoms with E-state index in [9.17, 15) is 14.4 Å². The van der Waals surface area contributed by atoms with E-state index in [0.717, 1.165) is 25.9 Å². The lowest BCUT2D eigenvalue weighted by atomic mass is 10.0. The molecule has 7 heteroatoms. The first-order valence-corrected chi connectivity index (χ1v) is 8.38. The first-order valence-electron chi connectivity index (χ1n) is 8.38. The lowest BCUT2D eigenvalue weighted by molar-refractivity contribution is -0.401. The van der Waals surface area contributed by atoms with Crippen LogP contribution in [0.15, 0.2) is 0 Å². The Hall–Kier alpha value is -1.76. The van der Waals surface area contributed by atoms with Crippen LogP contribution >= 0.6 is 0 Å². The highest BCUT2D eigenvalue weighted by molar-refractivity contribution is 6.06. The maximum absolute atomic E-state index is 12.3. The summed E-state index contributed by atoms with van der Waals surface area (Å²) in [6.45, 7) is 1.49. The van der Waals surface area contributed by atoms with Gasteiger partial charge in [0, 0.05) is 25.6 Å². The van der Waals surface area contributed by atoms with Crippen molar-refractivity contribution in [2.75, 3.05) is 27.2 Å². The first-order chi connectivity index (χ1) is 11.0. The van der Waals surface area contributed by atoms with Crippen LogP contribution in [0.25, 0.3) is 0 Å². The molecule has 1 saturated heterocycles. The number of rotatable bonds is 4. The van der Waals surface area contributed by atoms with Crippen molar-refractivity contribution in [3.63, 3.8) is 0 Å².